The Morgan fingerprint density at radius 3 is 1.67 bits per heavy atom. The summed E-state index contributed by atoms with van der Waals surface area (Å²) < 4.78 is 1.22. The highest BCUT2D eigenvalue weighted by Crippen LogP contribution is 2.24. The van der Waals surface area contributed by atoms with Crippen molar-refractivity contribution < 1.29 is 0 Å². The Morgan fingerprint density at radius 2 is 1.10 bits per heavy atom. The maximum Gasteiger partial charge on any atom is 0.0551 e. The lowest BCUT2D eigenvalue weighted by molar-refractivity contribution is 0.871. The maximum absolute atomic E-state index is 6.35. The number of rotatable bonds is 3. The molecule has 0 heterocycles. The van der Waals surface area contributed by atoms with Crippen molar-refractivity contribution in [2.75, 3.05) is 0 Å². The van der Waals surface area contributed by atoms with Gasteiger partial charge in [0, 0.05) is 3.57 Å². The minimum atomic E-state index is -0.0770. The van der Waals surface area contributed by atoms with Gasteiger partial charge in [0.2, 0.25) is 0 Å². The van der Waals surface area contributed by atoms with Crippen molar-refractivity contribution in [3.8, 4) is 11.1 Å². The van der Waals surface area contributed by atoms with Crippen LogP contribution in [0.1, 0.15) is 17.2 Å². The first-order chi connectivity index (χ1) is 10.2. The summed E-state index contributed by atoms with van der Waals surface area (Å²) in [7, 11) is 0. The van der Waals surface area contributed by atoms with E-state index < -0.39 is 0 Å². The van der Waals surface area contributed by atoms with E-state index in [0.717, 1.165) is 11.1 Å². The zero-order valence-corrected chi connectivity index (χ0v) is 13.7. The molecule has 0 saturated carbocycles. The Labute approximate surface area is 139 Å². The van der Waals surface area contributed by atoms with Gasteiger partial charge < -0.3 is 5.73 Å². The lowest BCUT2D eigenvalue weighted by Gasteiger charge is -2.13. The van der Waals surface area contributed by atoms with E-state index >= 15 is 0 Å². The number of nitrogens with two attached hydrogens (primary N) is 1. The standard InChI is InChI=1S/C19H16IN/c20-18-12-10-17(11-13-18)19(21)16-8-6-15(7-9-16)14-4-2-1-3-5-14/h1-13,19H,21H2. The first kappa shape index (κ1) is 14.3. The van der Waals surface area contributed by atoms with Crippen LogP contribution in [-0.4, -0.2) is 0 Å². The molecular weight excluding hydrogens is 369 g/mol. The van der Waals surface area contributed by atoms with Crippen LogP contribution >= 0.6 is 22.6 Å². The lowest BCUT2D eigenvalue weighted by Crippen LogP contribution is -2.11. The Balaban J connectivity index is 1.85. The number of halogens is 1. The second-order valence-corrected chi connectivity index (χ2v) is 6.26. The SMILES string of the molecule is NC(c1ccc(I)cc1)c1ccc(-c2ccccc2)cc1. The monoisotopic (exact) mass is 385 g/mol. The van der Waals surface area contributed by atoms with Gasteiger partial charge in [0.1, 0.15) is 0 Å². The summed E-state index contributed by atoms with van der Waals surface area (Å²) >= 11 is 2.30. The zero-order chi connectivity index (χ0) is 14.7. The van der Waals surface area contributed by atoms with Crippen LogP contribution in [0.4, 0.5) is 0 Å². The van der Waals surface area contributed by atoms with E-state index in [4.69, 9.17) is 5.73 Å². The largest absolute Gasteiger partial charge is 0.320 e. The maximum atomic E-state index is 6.35. The predicted molar refractivity (Wildman–Crippen MR) is 97.1 cm³/mol. The summed E-state index contributed by atoms with van der Waals surface area (Å²) in [6, 6.07) is 27.2. The summed E-state index contributed by atoms with van der Waals surface area (Å²) in [6.07, 6.45) is 0. The van der Waals surface area contributed by atoms with Crippen molar-refractivity contribution in [2.45, 2.75) is 6.04 Å². The fourth-order valence-electron chi connectivity index (χ4n) is 2.38. The average Bonchev–Trinajstić information content (AvgIpc) is 2.56. The quantitative estimate of drug-likeness (QED) is 0.631. The van der Waals surface area contributed by atoms with Gasteiger partial charge >= 0.3 is 0 Å². The normalized spacial score (nSPS) is 12.1. The zero-order valence-electron chi connectivity index (χ0n) is 11.5. The van der Waals surface area contributed by atoms with Crippen LogP contribution in [0.25, 0.3) is 11.1 Å². The van der Waals surface area contributed by atoms with Gasteiger partial charge in [-0.25, -0.2) is 0 Å². The molecule has 1 atom stereocenters. The van der Waals surface area contributed by atoms with E-state index in [1.165, 1.54) is 14.7 Å². The average molecular weight is 385 g/mol. The molecule has 0 radical (unpaired) electrons. The van der Waals surface area contributed by atoms with Crippen molar-refractivity contribution in [2.24, 2.45) is 5.73 Å². The van der Waals surface area contributed by atoms with E-state index in [1.807, 2.05) is 6.07 Å². The molecule has 0 aliphatic heterocycles. The van der Waals surface area contributed by atoms with Crippen molar-refractivity contribution in [1.29, 1.82) is 0 Å². The minimum Gasteiger partial charge on any atom is -0.320 e. The third-order valence-electron chi connectivity index (χ3n) is 3.61. The van der Waals surface area contributed by atoms with Crippen molar-refractivity contribution in [3.63, 3.8) is 0 Å². The predicted octanol–water partition coefficient (Wildman–Crippen LogP) is 5.01. The van der Waals surface area contributed by atoms with E-state index in [1.54, 1.807) is 0 Å². The number of hydrogen-bond acceptors (Lipinski definition) is 1. The molecule has 0 amide bonds. The molecule has 3 aromatic rings. The van der Waals surface area contributed by atoms with Gasteiger partial charge in [0.15, 0.2) is 0 Å². The molecule has 3 rings (SSSR count). The van der Waals surface area contributed by atoms with E-state index in [-0.39, 0.29) is 6.04 Å². The fourth-order valence-corrected chi connectivity index (χ4v) is 2.74. The first-order valence-electron chi connectivity index (χ1n) is 6.90. The molecule has 2 heteroatoms. The van der Waals surface area contributed by atoms with E-state index in [9.17, 15) is 0 Å². The third kappa shape index (κ3) is 3.34. The second kappa shape index (κ2) is 6.41. The van der Waals surface area contributed by atoms with Gasteiger partial charge in [0.25, 0.3) is 0 Å². The molecule has 3 aromatic carbocycles. The Kier molecular flexibility index (Phi) is 4.36. The fraction of sp³-hybridized carbons (Fsp3) is 0.0526. The highest BCUT2D eigenvalue weighted by atomic mass is 127. The van der Waals surface area contributed by atoms with Gasteiger partial charge in [-0.15, -0.1) is 0 Å². The third-order valence-corrected chi connectivity index (χ3v) is 4.33. The van der Waals surface area contributed by atoms with Crippen LogP contribution in [0.2, 0.25) is 0 Å². The van der Waals surface area contributed by atoms with Crippen LogP contribution in [-0.2, 0) is 0 Å². The molecule has 1 unspecified atom stereocenters. The van der Waals surface area contributed by atoms with Crippen LogP contribution < -0.4 is 5.73 Å². The highest BCUT2D eigenvalue weighted by Gasteiger charge is 2.08. The summed E-state index contributed by atoms with van der Waals surface area (Å²) in [5, 5.41) is 0. The number of hydrogen-bond donors (Lipinski definition) is 1. The van der Waals surface area contributed by atoms with Gasteiger partial charge in [0.05, 0.1) is 6.04 Å². The molecule has 0 saturated heterocycles. The summed E-state index contributed by atoms with van der Waals surface area (Å²) in [6.45, 7) is 0. The Bertz CT molecular complexity index is 703. The Hall–Kier alpha value is -1.65. The van der Waals surface area contributed by atoms with Crippen LogP contribution in [0.15, 0.2) is 78.9 Å². The van der Waals surface area contributed by atoms with E-state index in [0.29, 0.717) is 0 Å². The van der Waals surface area contributed by atoms with Gasteiger partial charge in [-0.3, -0.25) is 0 Å². The van der Waals surface area contributed by atoms with Gasteiger partial charge in [-0.1, -0.05) is 66.7 Å². The van der Waals surface area contributed by atoms with Crippen molar-refractivity contribution in [3.05, 3.63) is 93.6 Å². The molecule has 0 bridgehead atoms. The molecule has 0 fully saturated rings. The molecule has 0 spiro atoms. The first-order valence-corrected chi connectivity index (χ1v) is 7.98. The Morgan fingerprint density at radius 1 is 0.619 bits per heavy atom. The highest BCUT2D eigenvalue weighted by molar-refractivity contribution is 14.1. The molecule has 104 valence electrons. The summed E-state index contributed by atoms with van der Waals surface area (Å²) in [5.41, 5.74) is 11.1. The summed E-state index contributed by atoms with van der Waals surface area (Å²) in [5.74, 6) is 0. The van der Waals surface area contributed by atoms with Gasteiger partial charge in [-0.2, -0.15) is 0 Å². The van der Waals surface area contributed by atoms with Crippen LogP contribution in [0, 0.1) is 3.57 Å². The topological polar surface area (TPSA) is 26.0 Å². The minimum absolute atomic E-state index is 0.0770. The molecule has 0 aromatic heterocycles. The number of benzene rings is 3. The second-order valence-electron chi connectivity index (χ2n) is 5.02. The lowest BCUT2D eigenvalue weighted by atomic mass is 9.97. The molecule has 1 nitrogen and oxygen atoms in total. The molecule has 2 N–H and O–H groups in total. The van der Waals surface area contributed by atoms with E-state index in [2.05, 4.69) is 95.4 Å². The smallest absolute Gasteiger partial charge is 0.0551 e. The molecule has 21 heavy (non-hydrogen) atoms. The molecule has 0 aliphatic rings. The summed E-state index contributed by atoms with van der Waals surface area (Å²) in [4.78, 5) is 0. The molecular formula is C19H16IN. The molecule has 0 aliphatic carbocycles. The van der Waals surface area contributed by atoms with Crippen LogP contribution in [0.3, 0.4) is 0 Å². The van der Waals surface area contributed by atoms with Gasteiger partial charge in [-0.05, 0) is 57.0 Å². The van der Waals surface area contributed by atoms with Crippen molar-refractivity contribution in [1.82, 2.24) is 0 Å². The van der Waals surface area contributed by atoms with Crippen molar-refractivity contribution >= 4 is 22.6 Å². The van der Waals surface area contributed by atoms with Crippen LogP contribution in [0.5, 0.6) is 0 Å².